The van der Waals surface area contributed by atoms with Crippen LogP contribution in [0, 0.1) is 5.92 Å². The van der Waals surface area contributed by atoms with E-state index in [0.717, 1.165) is 0 Å². The fourth-order valence-corrected chi connectivity index (χ4v) is 6.55. The Balaban J connectivity index is 1.70. The van der Waals surface area contributed by atoms with E-state index >= 15 is 0 Å². The molecular weight excluding hydrogens is 512 g/mol. The number of methoxy groups -OCH3 is 3. The topological polar surface area (TPSA) is 112 Å². The molecule has 1 saturated carbocycles. The van der Waals surface area contributed by atoms with Gasteiger partial charge >= 0.3 is 0 Å². The van der Waals surface area contributed by atoms with Gasteiger partial charge in [-0.15, -0.1) is 0 Å². The summed E-state index contributed by atoms with van der Waals surface area (Å²) in [6.07, 6.45) is 1.59. The predicted octanol–water partition coefficient (Wildman–Crippen LogP) is 3.58. The quantitative estimate of drug-likeness (QED) is 0.341. The van der Waals surface area contributed by atoms with Crippen LogP contribution in [0.4, 0.5) is 0 Å². The first-order valence-corrected chi connectivity index (χ1v) is 12.9. The van der Waals surface area contributed by atoms with Gasteiger partial charge in [-0.2, -0.15) is 0 Å². The van der Waals surface area contributed by atoms with Gasteiger partial charge in [0, 0.05) is 37.5 Å². The van der Waals surface area contributed by atoms with Crippen LogP contribution in [0.25, 0.3) is 0 Å². The summed E-state index contributed by atoms with van der Waals surface area (Å²) in [5.74, 6) is -0.600. The van der Waals surface area contributed by atoms with E-state index in [1.165, 1.54) is 20.4 Å². The molecule has 1 fully saturated rings. The third kappa shape index (κ3) is 3.34. The first-order chi connectivity index (χ1) is 19.3. The van der Waals surface area contributed by atoms with Crippen molar-refractivity contribution in [2.75, 3.05) is 21.3 Å². The Morgan fingerprint density at radius 1 is 0.975 bits per heavy atom. The van der Waals surface area contributed by atoms with Crippen molar-refractivity contribution in [2.45, 2.75) is 23.2 Å². The number of hydrogen-bond donors (Lipinski definition) is 2. The molecule has 0 radical (unpaired) electrons. The summed E-state index contributed by atoms with van der Waals surface area (Å²) in [7, 11) is 6.28. The fourth-order valence-electron chi connectivity index (χ4n) is 6.55. The van der Waals surface area contributed by atoms with Crippen LogP contribution >= 0.6 is 0 Å². The summed E-state index contributed by atoms with van der Waals surface area (Å²) >= 11 is 0. The number of ether oxygens (including phenoxy) is 4. The van der Waals surface area contributed by atoms with Crippen molar-refractivity contribution in [1.82, 2.24) is 9.55 Å². The number of hydrogen-bond acceptors (Lipinski definition) is 8. The molecule has 2 N–H and O–H groups in total. The van der Waals surface area contributed by atoms with E-state index in [4.69, 9.17) is 18.9 Å². The highest BCUT2D eigenvalue weighted by molar-refractivity contribution is 5.97. The summed E-state index contributed by atoms with van der Waals surface area (Å²) in [5.41, 5.74) is -2.25. The number of aliphatic hydroxyl groups is 2. The third-order valence-electron chi connectivity index (χ3n) is 8.30. The number of carbonyl (C=O) groups excluding carboxylic acids is 1. The number of rotatable bonds is 7. The lowest BCUT2D eigenvalue weighted by atomic mass is 9.70. The van der Waals surface area contributed by atoms with Gasteiger partial charge in [0.15, 0.2) is 17.0 Å². The van der Waals surface area contributed by atoms with Crippen molar-refractivity contribution in [1.29, 1.82) is 0 Å². The van der Waals surface area contributed by atoms with E-state index in [9.17, 15) is 15.0 Å². The van der Waals surface area contributed by atoms with Gasteiger partial charge in [-0.05, 0) is 23.3 Å². The highest BCUT2D eigenvalue weighted by Gasteiger charge is 2.78. The molecule has 0 amide bonds. The van der Waals surface area contributed by atoms with Gasteiger partial charge in [-0.25, -0.2) is 4.98 Å². The number of Topliss-reactive ketones (excluding diaryl/α,β-unsaturated/α-hetero) is 1. The number of carbonyl (C=O) groups is 1. The molecule has 1 aliphatic heterocycles. The Kier molecular flexibility index (Phi) is 6.08. The Morgan fingerprint density at radius 3 is 2.27 bits per heavy atom. The molecule has 0 unspecified atom stereocenters. The first-order valence-electron chi connectivity index (χ1n) is 12.9. The van der Waals surface area contributed by atoms with Gasteiger partial charge in [-0.3, -0.25) is 4.79 Å². The van der Waals surface area contributed by atoms with Gasteiger partial charge in [0.1, 0.15) is 29.1 Å². The Morgan fingerprint density at radius 2 is 1.68 bits per heavy atom. The Bertz CT molecular complexity index is 1570. The molecule has 40 heavy (non-hydrogen) atoms. The number of nitrogens with zero attached hydrogens (tertiary/aromatic N) is 2. The SMILES string of the molecule is COc1ccc([C@@]23Oc4cc(OC)cc(OC)c4[C@]2(O)[C@H](O)[C@H](C(=O)c2nccn2C)[C@H]3c2ccccc2)cc1. The minimum absolute atomic E-state index is 0.167. The van der Waals surface area contributed by atoms with Crippen LogP contribution in [0.15, 0.2) is 79.1 Å². The molecule has 1 aliphatic carbocycles. The van der Waals surface area contributed by atoms with Gasteiger partial charge < -0.3 is 33.7 Å². The summed E-state index contributed by atoms with van der Waals surface area (Å²) < 4.78 is 25.0. The fraction of sp³-hybridized carbons (Fsp3) is 0.290. The second-order valence-electron chi connectivity index (χ2n) is 10.1. The van der Waals surface area contributed by atoms with Crippen LogP contribution in [0.5, 0.6) is 23.0 Å². The number of ketones is 1. The predicted molar refractivity (Wildman–Crippen MR) is 145 cm³/mol. The molecule has 9 nitrogen and oxygen atoms in total. The molecule has 9 heteroatoms. The summed E-state index contributed by atoms with van der Waals surface area (Å²) in [5, 5.41) is 25.2. The molecule has 6 rings (SSSR count). The lowest BCUT2D eigenvalue weighted by Gasteiger charge is -2.40. The number of aryl methyl sites for hydroxylation is 1. The van der Waals surface area contributed by atoms with Crippen molar-refractivity contribution in [2.24, 2.45) is 13.0 Å². The molecule has 3 aromatic carbocycles. The van der Waals surface area contributed by atoms with Crippen LogP contribution < -0.4 is 18.9 Å². The third-order valence-corrected chi connectivity index (χ3v) is 8.30. The standard InChI is InChI=1S/C31H30N2O7/c1-33-15-14-32-29(33)27(34)24-25(18-8-6-5-7-9-18)31(19-10-12-20(37-2)13-11-19)30(36,28(24)35)26-22(39-4)16-21(38-3)17-23(26)40-31/h5-17,24-25,28,35-36H,1-4H3/t24-,25+,28+,30-,31-/m0/s1. The maximum atomic E-state index is 14.3. The molecule has 4 aromatic rings. The average Bonchev–Trinajstić information content (AvgIpc) is 3.59. The number of benzene rings is 3. The minimum Gasteiger partial charge on any atom is -0.497 e. The van der Waals surface area contributed by atoms with Crippen LogP contribution in [-0.4, -0.2) is 53.0 Å². The molecule has 0 bridgehead atoms. The monoisotopic (exact) mass is 542 g/mol. The summed E-state index contributed by atoms with van der Waals surface area (Å²) in [4.78, 5) is 18.5. The van der Waals surface area contributed by atoms with Crippen molar-refractivity contribution in [3.63, 3.8) is 0 Å². The van der Waals surface area contributed by atoms with Crippen LogP contribution in [0.3, 0.4) is 0 Å². The Labute approximate surface area is 231 Å². The van der Waals surface area contributed by atoms with Crippen LogP contribution in [-0.2, 0) is 18.2 Å². The zero-order valence-corrected chi connectivity index (χ0v) is 22.6. The number of fused-ring (bicyclic) bond motifs is 3. The zero-order chi connectivity index (χ0) is 28.2. The zero-order valence-electron chi connectivity index (χ0n) is 22.6. The molecule has 2 aliphatic rings. The maximum absolute atomic E-state index is 14.3. The number of aromatic nitrogens is 2. The molecule has 1 aromatic heterocycles. The van der Waals surface area contributed by atoms with Crippen molar-refractivity contribution >= 4 is 5.78 Å². The van der Waals surface area contributed by atoms with E-state index in [-0.39, 0.29) is 22.9 Å². The highest BCUT2D eigenvalue weighted by Crippen LogP contribution is 2.70. The van der Waals surface area contributed by atoms with E-state index in [1.807, 2.05) is 30.3 Å². The Hall–Kier alpha value is -4.34. The lowest BCUT2D eigenvalue weighted by molar-refractivity contribution is -0.151. The van der Waals surface area contributed by atoms with Crippen molar-refractivity contribution in [3.8, 4) is 23.0 Å². The summed E-state index contributed by atoms with van der Waals surface area (Å²) in [6, 6.07) is 19.7. The van der Waals surface area contributed by atoms with Gasteiger partial charge in [0.2, 0.25) is 5.78 Å². The van der Waals surface area contributed by atoms with E-state index < -0.39 is 34.9 Å². The van der Waals surface area contributed by atoms with E-state index in [0.29, 0.717) is 22.6 Å². The first kappa shape index (κ1) is 25.9. The average molecular weight is 543 g/mol. The van der Waals surface area contributed by atoms with Crippen LogP contribution in [0.1, 0.15) is 33.2 Å². The molecule has 0 spiro atoms. The molecule has 2 heterocycles. The largest absolute Gasteiger partial charge is 0.497 e. The van der Waals surface area contributed by atoms with Gasteiger partial charge in [0.25, 0.3) is 0 Å². The van der Waals surface area contributed by atoms with Crippen LogP contribution in [0.2, 0.25) is 0 Å². The van der Waals surface area contributed by atoms with Gasteiger partial charge in [0.05, 0.1) is 32.8 Å². The highest BCUT2D eigenvalue weighted by atomic mass is 16.5. The molecule has 0 saturated heterocycles. The minimum atomic E-state index is -2.11. The number of aliphatic hydroxyl groups excluding tert-OH is 1. The van der Waals surface area contributed by atoms with E-state index in [1.54, 1.807) is 61.3 Å². The second-order valence-corrected chi connectivity index (χ2v) is 10.1. The molecule has 206 valence electrons. The van der Waals surface area contributed by atoms with E-state index in [2.05, 4.69) is 4.98 Å². The number of imidazole rings is 1. The molecular formula is C31H30N2O7. The summed E-state index contributed by atoms with van der Waals surface area (Å²) in [6.45, 7) is 0. The molecule has 5 atom stereocenters. The normalized spacial score (nSPS) is 26.5. The van der Waals surface area contributed by atoms with Gasteiger partial charge in [-0.1, -0.05) is 42.5 Å². The lowest BCUT2D eigenvalue weighted by Crippen LogP contribution is -2.52. The van der Waals surface area contributed by atoms with Crippen molar-refractivity contribution < 1.29 is 34.0 Å². The second kappa shape index (κ2) is 9.39. The smallest absolute Gasteiger partial charge is 0.204 e. The van der Waals surface area contributed by atoms with Crippen molar-refractivity contribution in [3.05, 3.63) is 102 Å². The maximum Gasteiger partial charge on any atom is 0.204 e.